The molecule has 3 aromatic rings. The summed E-state index contributed by atoms with van der Waals surface area (Å²) < 4.78 is 6.42. The van der Waals surface area contributed by atoms with E-state index in [4.69, 9.17) is 11.3 Å². The summed E-state index contributed by atoms with van der Waals surface area (Å²) in [6.45, 7) is 16.2. The molecule has 0 aliphatic carbocycles. The third kappa shape index (κ3) is 7.52. The fourth-order valence-electron chi connectivity index (χ4n) is 10.2. The average Bonchev–Trinajstić information content (AvgIpc) is 3.78. The average molecular weight is 799 g/mol. The molecular formula is C45H50N8O6. The second-order valence-electron chi connectivity index (χ2n) is 17.2. The molecule has 14 nitrogen and oxygen atoms in total. The van der Waals surface area contributed by atoms with Crippen LogP contribution in [0, 0.1) is 18.9 Å². The lowest BCUT2D eigenvalue weighted by Crippen LogP contribution is -2.54. The van der Waals surface area contributed by atoms with E-state index < -0.39 is 23.8 Å². The van der Waals surface area contributed by atoms with E-state index in [1.54, 1.807) is 12.1 Å². The van der Waals surface area contributed by atoms with E-state index in [-0.39, 0.29) is 36.2 Å². The number of likely N-dealkylation sites (tertiary alicyclic amines) is 2. The van der Waals surface area contributed by atoms with E-state index >= 15 is 0 Å². The standard InChI is InChI=1S/C45H50N8O6/c1-29-25-33(27-47-40(29)46-2)51-22-15-45(16-23-51)17-24-52(28-45)42(56)30-3-6-34(7-4-30)59-35-13-20-49(21-14-35)31-11-18-50(19-12-31)32-5-8-36-37(26-32)44(58)53(43(36)57)38-9-10-39(54)48-41(38)55/h3-8,25-27,31,35,38H,9-24,28H2,1H3,(H,48,54,55). The number of amides is 5. The topological polar surface area (TPSA) is 140 Å². The molecule has 0 radical (unpaired) electrons. The number of aryl methyl sites for hydroxylation is 1. The van der Waals surface area contributed by atoms with Crippen LogP contribution in [0.5, 0.6) is 5.75 Å². The van der Waals surface area contributed by atoms with Crippen molar-refractivity contribution in [1.82, 2.24) is 25.0 Å². The lowest BCUT2D eigenvalue weighted by atomic mass is 9.77. The van der Waals surface area contributed by atoms with Crippen molar-refractivity contribution in [1.29, 1.82) is 0 Å². The van der Waals surface area contributed by atoms with E-state index in [9.17, 15) is 24.0 Å². The fraction of sp³-hybridized carbons (Fsp3) is 0.489. The van der Waals surface area contributed by atoms with Crippen LogP contribution in [0.15, 0.2) is 54.7 Å². The maximum Gasteiger partial charge on any atom is 0.272 e. The molecule has 9 rings (SSSR count). The van der Waals surface area contributed by atoms with Gasteiger partial charge in [-0.15, -0.1) is 4.98 Å². The number of nitrogens with one attached hydrogen (secondary N) is 1. The fourth-order valence-corrected chi connectivity index (χ4v) is 10.2. The van der Waals surface area contributed by atoms with Crippen molar-refractivity contribution in [3.8, 4) is 5.75 Å². The Hall–Kier alpha value is -5.81. The number of piperidine rings is 4. The number of fused-ring (bicyclic) bond motifs is 1. The molecule has 6 aliphatic rings. The number of rotatable bonds is 7. The summed E-state index contributed by atoms with van der Waals surface area (Å²) in [5.41, 5.74) is 4.32. The molecule has 5 amide bonds. The van der Waals surface area contributed by atoms with Crippen molar-refractivity contribution in [2.24, 2.45) is 5.41 Å². The van der Waals surface area contributed by atoms with Crippen molar-refractivity contribution >= 4 is 46.7 Å². The quantitative estimate of drug-likeness (QED) is 0.257. The SMILES string of the molecule is [C-]#[N+]c1ncc(N2CCC3(CCN(C(=O)c4ccc(OC5CCN(C6CCN(c7ccc8c(c7)C(=O)N(C7CCC(=O)NC7=O)C8=O)CC6)CC5)cc4)C3)CC2)cc1C. The number of nitrogens with zero attached hydrogens (tertiary/aromatic N) is 7. The van der Waals surface area contributed by atoms with Gasteiger partial charge >= 0.3 is 0 Å². The summed E-state index contributed by atoms with van der Waals surface area (Å²) in [5.74, 6) is -0.626. The molecule has 1 aromatic heterocycles. The first kappa shape index (κ1) is 38.7. The molecule has 1 spiro atoms. The van der Waals surface area contributed by atoms with Crippen LogP contribution >= 0.6 is 0 Å². The van der Waals surface area contributed by atoms with Crippen molar-refractivity contribution in [2.45, 2.75) is 82.9 Å². The van der Waals surface area contributed by atoms with Crippen molar-refractivity contribution in [3.63, 3.8) is 0 Å². The zero-order valence-electron chi connectivity index (χ0n) is 33.5. The first-order chi connectivity index (χ1) is 28.6. The minimum Gasteiger partial charge on any atom is -0.490 e. The van der Waals surface area contributed by atoms with Gasteiger partial charge < -0.3 is 24.3 Å². The van der Waals surface area contributed by atoms with Crippen LogP contribution < -0.4 is 19.9 Å². The Labute approximate surface area is 344 Å². The number of carbonyl (C=O) groups is 5. The molecule has 14 heteroatoms. The summed E-state index contributed by atoms with van der Waals surface area (Å²) in [6, 6.07) is 14.6. The molecule has 7 heterocycles. The molecule has 1 atom stereocenters. The maximum absolute atomic E-state index is 13.6. The molecule has 1 unspecified atom stereocenters. The summed E-state index contributed by atoms with van der Waals surface area (Å²) in [5, 5.41) is 2.25. The van der Waals surface area contributed by atoms with Gasteiger partial charge in [0, 0.05) is 76.1 Å². The molecule has 5 saturated heterocycles. The van der Waals surface area contributed by atoms with Crippen LogP contribution in [-0.4, -0.2) is 120 Å². The molecule has 306 valence electrons. The lowest BCUT2D eigenvalue weighted by molar-refractivity contribution is -0.136. The molecule has 0 saturated carbocycles. The van der Waals surface area contributed by atoms with E-state index in [2.05, 4.69) is 35.9 Å². The van der Waals surface area contributed by atoms with Gasteiger partial charge in [-0.05, 0) is 118 Å². The van der Waals surface area contributed by atoms with Gasteiger partial charge in [0.1, 0.15) is 24.1 Å². The second-order valence-corrected chi connectivity index (χ2v) is 17.2. The van der Waals surface area contributed by atoms with E-state index in [1.807, 2.05) is 48.4 Å². The summed E-state index contributed by atoms with van der Waals surface area (Å²) in [4.78, 5) is 82.2. The van der Waals surface area contributed by atoms with E-state index in [0.29, 0.717) is 28.6 Å². The van der Waals surface area contributed by atoms with Gasteiger partial charge in [-0.1, -0.05) is 6.57 Å². The molecular weight excluding hydrogens is 749 g/mol. The van der Waals surface area contributed by atoms with Crippen LogP contribution in [-0.2, 0) is 9.59 Å². The number of aromatic nitrogens is 1. The molecule has 1 N–H and O–H groups in total. The maximum atomic E-state index is 13.6. The molecule has 59 heavy (non-hydrogen) atoms. The number of hydrogen-bond donors (Lipinski definition) is 1. The first-order valence-corrected chi connectivity index (χ1v) is 21.1. The summed E-state index contributed by atoms with van der Waals surface area (Å²) in [7, 11) is 0. The minimum atomic E-state index is -0.971. The smallest absolute Gasteiger partial charge is 0.272 e. The van der Waals surface area contributed by atoms with Crippen molar-refractivity contribution < 1.29 is 28.7 Å². The zero-order chi connectivity index (χ0) is 40.8. The Balaban J connectivity index is 0.715. The number of imide groups is 2. The number of carbonyl (C=O) groups excluding carboxylic acids is 5. The van der Waals surface area contributed by atoms with Gasteiger partial charge in [-0.25, -0.2) is 0 Å². The van der Waals surface area contributed by atoms with E-state index in [0.717, 1.165) is 125 Å². The number of hydrogen-bond acceptors (Lipinski definition) is 10. The highest BCUT2D eigenvalue weighted by atomic mass is 16.5. The van der Waals surface area contributed by atoms with Gasteiger partial charge in [-0.3, -0.25) is 39.1 Å². The van der Waals surface area contributed by atoms with Crippen LogP contribution in [0.3, 0.4) is 0 Å². The zero-order valence-corrected chi connectivity index (χ0v) is 33.5. The third-order valence-electron chi connectivity index (χ3n) is 13.7. The van der Waals surface area contributed by atoms with Crippen molar-refractivity contribution in [2.75, 3.05) is 62.2 Å². The number of pyridine rings is 1. The Bertz CT molecular complexity index is 2210. The van der Waals surface area contributed by atoms with Crippen molar-refractivity contribution in [3.05, 3.63) is 88.4 Å². The number of benzene rings is 2. The highest BCUT2D eigenvalue weighted by Crippen LogP contribution is 2.42. The van der Waals surface area contributed by atoms with Crippen LogP contribution in [0.1, 0.15) is 94.4 Å². The predicted octanol–water partition coefficient (Wildman–Crippen LogP) is 4.99. The van der Waals surface area contributed by atoms with E-state index in [1.165, 1.54) is 0 Å². The highest BCUT2D eigenvalue weighted by molar-refractivity contribution is 6.23. The highest BCUT2D eigenvalue weighted by Gasteiger charge is 2.45. The molecule has 2 aromatic carbocycles. The second kappa shape index (κ2) is 15.7. The molecule has 0 bridgehead atoms. The Kier molecular flexibility index (Phi) is 10.3. The van der Waals surface area contributed by atoms with Gasteiger partial charge in [0.2, 0.25) is 11.8 Å². The van der Waals surface area contributed by atoms with Crippen LogP contribution in [0.25, 0.3) is 4.85 Å². The summed E-state index contributed by atoms with van der Waals surface area (Å²) >= 11 is 0. The van der Waals surface area contributed by atoms with Gasteiger partial charge in [0.15, 0.2) is 0 Å². The van der Waals surface area contributed by atoms with Crippen LogP contribution in [0.4, 0.5) is 17.2 Å². The lowest BCUT2D eigenvalue weighted by Gasteiger charge is -2.42. The minimum absolute atomic E-state index is 0.0842. The summed E-state index contributed by atoms with van der Waals surface area (Å²) in [6.07, 6.45) is 9.08. The predicted molar refractivity (Wildman–Crippen MR) is 220 cm³/mol. The number of ether oxygens (including phenoxy) is 1. The third-order valence-corrected chi connectivity index (χ3v) is 13.7. The van der Waals surface area contributed by atoms with Gasteiger partial charge in [0.05, 0.1) is 16.8 Å². The number of anilines is 2. The Morgan fingerprint density at radius 2 is 1.51 bits per heavy atom. The first-order valence-electron chi connectivity index (χ1n) is 21.1. The molecule has 5 fully saturated rings. The normalized spacial score (nSPS) is 22.8. The van der Waals surface area contributed by atoms with Gasteiger partial charge in [-0.2, -0.15) is 0 Å². The monoisotopic (exact) mass is 798 g/mol. The Morgan fingerprint density at radius 1 is 0.814 bits per heavy atom. The van der Waals surface area contributed by atoms with Gasteiger partial charge in [0.25, 0.3) is 23.5 Å². The Morgan fingerprint density at radius 3 is 2.20 bits per heavy atom. The van der Waals surface area contributed by atoms with Crippen LogP contribution in [0.2, 0.25) is 0 Å². The largest absolute Gasteiger partial charge is 0.490 e. The molecule has 6 aliphatic heterocycles.